The minimum atomic E-state index is 0.302. The van der Waals surface area contributed by atoms with E-state index in [1.165, 1.54) is 0 Å². The summed E-state index contributed by atoms with van der Waals surface area (Å²) in [4.78, 5) is 14.7. The lowest BCUT2D eigenvalue weighted by Crippen LogP contribution is -1.99. The normalized spacial score (nSPS) is 9.06. The van der Waals surface area contributed by atoms with Crippen LogP contribution in [0.15, 0.2) is 47.4 Å². The Morgan fingerprint density at radius 1 is 1.31 bits per heavy atom. The summed E-state index contributed by atoms with van der Waals surface area (Å²) in [5.74, 6) is 0.302. The molecule has 1 heterocycles. The predicted octanol–water partition coefficient (Wildman–Crippen LogP) is 3.35. The quantitative estimate of drug-likeness (QED) is 0.813. The van der Waals surface area contributed by atoms with Crippen LogP contribution < -0.4 is 0 Å². The van der Waals surface area contributed by atoms with Gasteiger partial charge in [0.05, 0.1) is 5.51 Å². The van der Waals surface area contributed by atoms with Crippen molar-refractivity contribution in [1.29, 1.82) is 0 Å². The number of ketones is 1. The molecule has 0 bridgehead atoms. The molecule has 2 rings (SSSR count). The minimum absolute atomic E-state index is 0.302. The van der Waals surface area contributed by atoms with Gasteiger partial charge in [0.2, 0.25) is 0 Å². The minimum Gasteiger partial charge on any atom is -0.299 e. The van der Waals surface area contributed by atoms with Crippen molar-refractivity contribution in [2.75, 3.05) is 0 Å². The second kappa shape index (κ2) is 7.77. The number of Topliss-reactive ketones (excluding diaryl/α,β-unsaturated/α-hetero) is 1. The number of rotatable bonds is 3. The standard InChI is InChI=1S/C10H12O.C3H3NS/c1-2-10(11)8-9-6-4-3-5-7-9;1-2-5-3-4-1/h3-7H,2,8H2,1H3;1-3H. The lowest BCUT2D eigenvalue weighted by molar-refractivity contribution is -0.118. The van der Waals surface area contributed by atoms with Crippen LogP contribution in [0.4, 0.5) is 0 Å². The zero-order chi connectivity index (χ0) is 11.6. The molecule has 1 aromatic heterocycles. The van der Waals surface area contributed by atoms with Gasteiger partial charge >= 0.3 is 0 Å². The first-order chi connectivity index (χ1) is 7.83. The van der Waals surface area contributed by atoms with Crippen molar-refractivity contribution in [2.24, 2.45) is 0 Å². The summed E-state index contributed by atoms with van der Waals surface area (Å²) < 4.78 is 0. The molecular weight excluding hydrogens is 218 g/mol. The van der Waals surface area contributed by atoms with E-state index in [1.807, 2.05) is 42.6 Å². The molecule has 2 aromatic rings. The summed E-state index contributed by atoms with van der Waals surface area (Å²) >= 11 is 1.60. The smallest absolute Gasteiger partial charge is 0.136 e. The van der Waals surface area contributed by atoms with Crippen LogP contribution in [0.2, 0.25) is 0 Å². The molecule has 0 spiro atoms. The molecule has 0 fully saturated rings. The molecule has 16 heavy (non-hydrogen) atoms. The molecular formula is C13H15NOS. The summed E-state index contributed by atoms with van der Waals surface area (Å²) in [7, 11) is 0. The van der Waals surface area contributed by atoms with E-state index in [2.05, 4.69) is 4.98 Å². The Bertz CT molecular complexity index is 366. The van der Waals surface area contributed by atoms with Gasteiger partial charge in [0, 0.05) is 24.4 Å². The van der Waals surface area contributed by atoms with Gasteiger partial charge in [0.1, 0.15) is 5.78 Å². The largest absolute Gasteiger partial charge is 0.299 e. The molecule has 0 aliphatic carbocycles. The van der Waals surface area contributed by atoms with Gasteiger partial charge in [-0.15, -0.1) is 11.3 Å². The molecule has 0 aliphatic heterocycles. The van der Waals surface area contributed by atoms with Crippen LogP contribution in [-0.4, -0.2) is 10.8 Å². The molecule has 0 saturated heterocycles. The second-order valence-electron chi connectivity index (χ2n) is 3.23. The zero-order valence-corrected chi connectivity index (χ0v) is 10.1. The summed E-state index contributed by atoms with van der Waals surface area (Å²) in [6.45, 7) is 1.89. The molecule has 0 atom stereocenters. The van der Waals surface area contributed by atoms with Crippen molar-refractivity contribution in [3.05, 3.63) is 53.0 Å². The van der Waals surface area contributed by atoms with E-state index in [4.69, 9.17) is 0 Å². The van der Waals surface area contributed by atoms with Gasteiger partial charge in [0.25, 0.3) is 0 Å². The average Bonchev–Trinajstić information content (AvgIpc) is 2.89. The lowest BCUT2D eigenvalue weighted by atomic mass is 10.1. The van der Waals surface area contributed by atoms with Crippen LogP contribution in [0, 0.1) is 0 Å². The van der Waals surface area contributed by atoms with Gasteiger partial charge in [-0.05, 0) is 5.56 Å². The van der Waals surface area contributed by atoms with Crippen LogP contribution in [0.1, 0.15) is 18.9 Å². The number of nitrogens with zero attached hydrogens (tertiary/aromatic N) is 1. The highest BCUT2D eigenvalue weighted by Gasteiger charge is 1.98. The van der Waals surface area contributed by atoms with Crippen LogP contribution >= 0.6 is 11.3 Å². The van der Waals surface area contributed by atoms with Gasteiger partial charge in [-0.3, -0.25) is 9.78 Å². The van der Waals surface area contributed by atoms with E-state index in [9.17, 15) is 4.79 Å². The van der Waals surface area contributed by atoms with Crippen molar-refractivity contribution < 1.29 is 4.79 Å². The third-order valence-electron chi connectivity index (χ3n) is 1.99. The van der Waals surface area contributed by atoms with Gasteiger partial charge in [0.15, 0.2) is 0 Å². The molecule has 0 saturated carbocycles. The van der Waals surface area contributed by atoms with E-state index in [0.29, 0.717) is 18.6 Å². The van der Waals surface area contributed by atoms with Gasteiger partial charge in [-0.1, -0.05) is 37.3 Å². The predicted molar refractivity (Wildman–Crippen MR) is 67.6 cm³/mol. The Kier molecular flexibility index (Phi) is 6.11. The number of thiazole rings is 1. The average molecular weight is 233 g/mol. The number of carbonyl (C=O) groups is 1. The summed E-state index contributed by atoms with van der Waals surface area (Å²) in [6, 6.07) is 9.83. The highest BCUT2D eigenvalue weighted by Crippen LogP contribution is 2.00. The van der Waals surface area contributed by atoms with Gasteiger partial charge in [-0.25, -0.2) is 0 Å². The Balaban J connectivity index is 0.000000212. The summed E-state index contributed by atoms with van der Waals surface area (Å²) in [5, 5.41) is 1.93. The maximum atomic E-state index is 11.0. The third-order valence-corrected chi connectivity index (χ3v) is 2.51. The molecule has 0 amide bonds. The van der Waals surface area contributed by atoms with Gasteiger partial charge < -0.3 is 0 Å². The fourth-order valence-corrected chi connectivity index (χ4v) is 1.48. The molecule has 0 N–H and O–H groups in total. The monoisotopic (exact) mass is 233 g/mol. The summed E-state index contributed by atoms with van der Waals surface area (Å²) in [5.41, 5.74) is 2.90. The fraction of sp³-hybridized carbons (Fsp3) is 0.231. The highest BCUT2D eigenvalue weighted by atomic mass is 32.1. The van der Waals surface area contributed by atoms with E-state index in [-0.39, 0.29) is 0 Å². The fourth-order valence-electron chi connectivity index (χ4n) is 1.12. The Labute approximate surface area is 100.0 Å². The Hall–Kier alpha value is -1.48. The first-order valence-electron chi connectivity index (χ1n) is 5.20. The van der Waals surface area contributed by atoms with E-state index >= 15 is 0 Å². The molecule has 84 valence electrons. The van der Waals surface area contributed by atoms with Crippen molar-refractivity contribution in [2.45, 2.75) is 19.8 Å². The van der Waals surface area contributed by atoms with Crippen molar-refractivity contribution >= 4 is 17.1 Å². The third kappa shape index (κ3) is 5.41. The van der Waals surface area contributed by atoms with Crippen molar-refractivity contribution in [3.8, 4) is 0 Å². The van der Waals surface area contributed by atoms with Crippen LogP contribution in [0.25, 0.3) is 0 Å². The summed E-state index contributed by atoms with van der Waals surface area (Å²) in [6.07, 6.45) is 2.98. The first kappa shape index (κ1) is 12.6. The Morgan fingerprint density at radius 3 is 2.50 bits per heavy atom. The zero-order valence-electron chi connectivity index (χ0n) is 9.30. The maximum Gasteiger partial charge on any atom is 0.136 e. The van der Waals surface area contributed by atoms with E-state index in [0.717, 1.165) is 5.56 Å². The number of hydrogen-bond donors (Lipinski definition) is 0. The van der Waals surface area contributed by atoms with Crippen molar-refractivity contribution in [3.63, 3.8) is 0 Å². The molecule has 0 unspecified atom stereocenters. The van der Waals surface area contributed by atoms with Crippen LogP contribution in [0.3, 0.4) is 0 Å². The van der Waals surface area contributed by atoms with Crippen molar-refractivity contribution in [1.82, 2.24) is 4.98 Å². The maximum absolute atomic E-state index is 11.0. The first-order valence-corrected chi connectivity index (χ1v) is 6.15. The second-order valence-corrected chi connectivity index (χ2v) is 3.99. The highest BCUT2D eigenvalue weighted by molar-refractivity contribution is 7.07. The van der Waals surface area contributed by atoms with E-state index < -0.39 is 0 Å². The molecule has 2 nitrogen and oxygen atoms in total. The lowest BCUT2D eigenvalue weighted by Gasteiger charge is -1.96. The van der Waals surface area contributed by atoms with Gasteiger partial charge in [-0.2, -0.15) is 0 Å². The van der Waals surface area contributed by atoms with Crippen LogP contribution in [0.5, 0.6) is 0 Å². The topological polar surface area (TPSA) is 30.0 Å². The molecule has 0 aliphatic rings. The number of benzene rings is 1. The SMILES string of the molecule is CCC(=O)Cc1ccccc1.c1cscn1. The number of aromatic nitrogens is 1. The van der Waals surface area contributed by atoms with Crippen LogP contribution in [-0.2, 0) is 11.2 Å². The number of hydrogen-bond acceptors (Lipinski definition) is 3. The Morgan fingerprint density at radius 2 is 2.06 bits per heavy atom. The number of carbonyl (C=O) groups excluding carboxylic acids is 1. The molecule has 1 aromatic carbocycles. The molecule has 3 heteroatoms. The van der Waals surface area contributed by atoms with E-state index in [1.54, 1.807) is 23.0 Å². The molecule has 0 radical (unpaired) electrons.